The molecule has 18 heavy (non-hydrogen) atoms. The molecule has 0 aliphatic carbocycles. The first-order valence-electron chi connectivity index (χ1n) is 5.63. The normalized spacial score (nSPS) is 10.6. The van der Waals surface area contributed by atoms with Crippen LogP contribution in [0.4, 0.5) is 0 Å². The summed E-state index contributed by atoms with van der Waals surface area (Å²) in [4.78, 5) is 11.7. The maximum Gasteiger partial charge on any atom is 0.224 e. The average molecular weight is 264 g/mol. The highest BCUT2D eigenvalue weighted by atomic mass is 35.5. The molecule has 0 bridgehead atoms. The van der Waals surface area contributed by atoms with Gasteiger partial charge in [0.15, 0.2) is 0 Å². The quantitative estimate of drug-likeness (QED) is 0.921. The van der Waals surface area contributed by atoms with Gasteiger partial charge >= 0.3 is 0 Å². The summed E-state index contributed by atoms with van der Waals surface area (Å²) in [5.74, 6) is -0.0972. The van der Waals surface area contributed by atoms with Gasteiger partial charge in [0, 0.05) is 16.0 Å². The molecular weight excluding hydrogens is 250 g/mol. The smallest absolute Gasteiger partial charge is 0.224 e. The van der Waals surface area contributed by atoms with E-state index in [0.29, 0.717) is 5.03 Å². The van der Waals surface area contributed by atoms with Gasteiger partial charge < -0.3 is 9.73 Å². The Morgan fingerprint density at radius 1 is 1.50 bits per heavy atom. The second kappa shape index (κ2) is 5.27. The molecule has 4 heteroatoms. The first-order chi connectivity index (χ1) is 8.56. The highest BCUT2D eigenvalue weighted by Crippen LogP contribution is 2.22. The molecule has 1 aromatic heterocycles. The first-order valence-corrected chi connectivity index (χ1v) is 6.01. The van der Waals surface area contributed by atoms with Crippen LogP contribution in [0.3, 0.4) is 0 Å². The number of furan rings is 1. The lowest BCUT2D eigenvalue weighted by atomic mass is 10.1. The SMILES string of the molecule is C=C(Cl)CNC(=O)Cc1coc2cc(C)ccc12. The summed E-state index contributed by atoms with van der Waals surface area (Å²) in [6, 6.07) is 5.93. The molecule has 3 nitrogen and oxygen atoms in total. The van der Waals surface area contributed by atoms with E-state index in [1.165, 1.54) is 0 Å². The molecule has 2 rings (SSSR count). The number of hydrogen-bond acceptors (Lipinski definition) is 2. The second-order valence-corrected chi connectivity index (χ2v) is 4.77. The molecule has 0 unspecified atom stereocenters. The van der Waals surface area contributed by atoms with Crippen LogP contribution in [0.1, 0.15) is 11.1 Å². The van der Waals surface area contributed by atoms with Gasteiger partial charge in [-0.2, -0.15) is 0 Å². The number of nitrogens with one attached hydrogen (secondary N) is 1. The number of fused-ring (bicyclic) bond motifs is 1. The average Bonchev–Trinajstić information content (AvgIpc) is 2.69. The third-order valence-corrected chi connectivity index (χ3v) is 2.77. The third kappa shape index (κ3) is 2.93. The van der Waals surface area contributed by atoms with Crippen molar-refractivity contribution < 1.29 is 9.21 Å². The Balaban J connectivity index is 2.12. The van der Waals surface area contributed by atoms with Crippen molar-refractivity contribution in [3.63, 3.8) is 0 Å². The molecule has 1 heterocycles. The minimum Gasteiger partial charge on any atom is -0.464 e. The van der Waals surface area contributed by atoms with Crippen molar-refractivity contribution >= 4 is 28.5 Å². The van der Waals surface area contributed by atoms with E-state index in [1.54, 1.807) is 6.26 Å². The van der Waals surface area contributed by atoms with Crippen LogP contribution in [0.15, 0.2) is 40.5 Å². The summed E-state index contributed by atoms with van der Waals surface area (Å²) in [5.41, 5.74) is 2.81. The summed E-state index contributed by atoms with van der Waals surface area (Å²) in [5, 5.41) is 4.07. The Morgan fingerprint density at radius 2 is 2.28 bits per heavy atom. The fourth-order valence-electron chi connectivity index (χ4n) is 1.76. The topological polar surface area (TPSA) is 42.2 Å². The number of hydrogen-bond donors (Lipinski definition) is 1. The van der Waals surface area contributed by atoms with E-state index < -0.39 is 0 Å². The van der Waals surface area contributed by atoms with Crippen LogP contribution in [-0.2, 0) is 11.2 Å². The molecule has 0 saturated heterocycles. The second-order valence-electron chi connectivity index (χ2n) is 4.23. The largest absolute Gasteiger partial charge is 0.464 e. The molecule has 94 valence electrons. The van der Waals surface area contributed by atoms with Crippen molar-refractivity contribution in [3.8, 4) is 0 Å². The zero-order chi connectivity index (χ0) is 13.1. The van der Waals surface area contributed by atoms with Gasteiger partial charge in [-0.1, -0.05) is 30.3 Å². The van der Waals surface area contributed by atoms with Crippen LogP contribution < -0.4 is 5.32 Å². The summed E-state index contributed by atoms with van der Waals surface area (Å²) in [7, 11) is 0. The molecule has 0 radical (unpaired) electrons. The van der Waals surface area contributed by atoms with E-state index in [1.807, 2.05) is 25.1 Å². The van der Waals surface area contributed by atoms with Crippen LogP contribution in [-0.4, -0.2) is 12.5 Å². The summed E-state index contributed by atoms with van der Waals surface area (Å²) >= 11 is 5.59. The van der Waals surface area contributed by atoms with E-state index >= 15 is 0 Å². The molecule has 0 atom stereocenters. The van der Waals surface area contributed by atoms with Gasteiger partial charge in [0.25, 0.3) is 0 Å². The molecule has 2 aromatic rings. The predicted octanol–water partition coefficient (Wildman–Crippen LogP) is 3.15. The molecule has 0 saturated carbocycles. The number of rotatable bonds is 4. The Kier molecular flexibility index (Phi) is 3.72. The predicted molar refractivity (Wildman–Crippen MR) is 72.7 cm³/mol. The maximum absolute atomic E-state index is 11.7. The van der Waals surface area contributed by atoms with Crippen LogP contribution in [0.25, 0.3) is 11.0 Å². The van der Waals surface area contributed by atoms with Crippen molar-refractivity contribution in [1.29, 1.82) is 0 Å². The lowest BCUT2D eigenvalue weighted by Gasteiger charge is -2.02. The molecule has 0 spiro atoms. The van der Waals surface area contributed by atoms with E-state index in [0.717, 1.165) is 22.1 Å². The Morgan fingerprint density at radius 3 is 3.00 bits per heavy atom. The van der Waals surface area contributed by atoms with Crippen LogP contribution in [0.5, 0.6) is 0 Å². The van der Waals surface area contributed by atoms with Crippen molar-refractivity contribution in [3.05, 3.63) is 47.2 Å². The minimum absolute atomic E-state index is 0.0972. The van der Waals surface area contributed by atoms with Crippen LogP contribution in [0, 0.1) is 6.92 Å². The molecule has 0 fully saturated rings. The number of halogens is 1. The van der Waals surface area contributed by atoms with Crippen molar-refractivity contribution in [1.82, 2.24) is 5.32 Å². The zero-order valence-electron chi connectivity index (χ0n) is 10.1. The Labute approximate surface area is 110 Å². The standard InChI is InChI=1S/C14H14ClNO2/c1-9-3-4-12-11(8-18-13(12)5-9)6-14(17)16-7-10(2)15/h3-5,8H,2,6-7H2,1H3,(H,16,17). The minimum atomic E-state index is -0.0972. The fraction of sp³-hybridized carbons (Fsp3) is 0.214. The Hall–Kier alpha value is -1.74. The van der Waals surface area contributed by atoms with Gasteiger partial charge in [-0.3, -0.25) is 4.79 Å². The first kappa shape index (κ1) is 12.7. The molecule has 1 N–H and O–H groups in total. The fourth-order valence-corrected chi connectivity index (χ4v) is 1.82. The van der Waals surface area contributed by atoms with Crippen molar-refractivity contribution in [2.24, 2.45) is 0 Å². The number of aryl methyl sites for hydroxylation is 1. The molecular formula is C14H14ClNO2. The highest BCUT2D eigenvalue weighted by molar-refractivity contribution is 6.29. The summed E-state index contributed by atoms with van der Waals surface area (Å²) in [6.07, 6.45) is 1.90. The molecule has 0 aliphatic heterocycles. The van der Waals surface area contributed by atoms with Gasteiger partial charge in [0.2, 0.25) is 5.91 Å². The lowest BCUT2D eigenvalue weighted by molar-refractivity contribution is -0.120. The molecule has 1 amide bonds. The van der Waals surface area contributed by atoms with Gasteiger partial charge in [-0.25, -0.2) is 0 Å². The van der Waals surface area contributed by atoms with Gasteiger partial charge in [-0.05, 0) is 18.6 Å². The molecule has 1 aromatic carbocycles. The lowest BCUT2D eigenvalue weighted by Crippen LogP contribution is -2.25. The van der Waals surface area contributed by atoms with E-state index in [4.69, 9.17) is 16.0 Å². The summed E-state index contributed by atoms with van der Waals surface area (Å²) < 4.78 is 5.43. The number of carbonyl (C=O) groups excluding carboxylic acids is 1. The maximum atomic E-state index is 11.7. The monoisotopic (exact) mass is 263 g/mol. The Bertz CT molecular complexity index is 601. The number of carbonyl (C=O) groups is 1. The number of benzene rings is 1. The van der Waals surface area contributed by atoms with Crippen molar-refractivity contribution in [2.75, 3.05) is 6.54 Å². The van der Waals surface area contributed by atoms with E-state index in [2.05, 4.69) is 11.9 Å². The van der Waals surface area contributed by atoms with Crippen LogP contribution >= 0.6 is 11.6 Å². The van der Waals surface area contributed by atoms with Crippen molar-refractivity contribution in [2.45, 2.75) is 13.3 Å². The molecule has 0 aliphatic rings. The highest BCUT2D eigenvalue weighted by Gasteiger charge is 2.10. The summed E-state index contributed by atoms with van der Waals surface area (Å²) in [6.45, 7) is 5.80. The van der Waals surface area contributed by atoms with Gasteiger partial charge in [0.05, 0.1) is 19.2 Å². The van der Waals surface area contributed by atoms with E-state index in [9.17, 15) is 4.79 Å². The number of amides is 1. The third-order valence-electron chi connectivity index (χ3n) is 2.64. The van der Waals surface area contributed by atoms with E-state index in [-0.39, 0.29) is 18.9 Å². The van der Waals surface area contributed by atoms with Gasteiger partial charge in [0.1, 0.15) is 5.58 Å². The van der Waals surface area contributed by atoms with Crippen LogP contribution in [0.2, 0.25) is 0 Å². The van der Waals surface area contributed by atoms with Gasteiger partial charge in [-0.15, -0.1) is 0 Å². The zero-order valence-corrected chi connectivity index (χ0v) is 10.9.